The van der Waals surface area contributed by atoms with Gasteiger partial charge in [0.2, 0.25) is 5.91 Å². The summed E-state index contributed by atoms with van der Waals surface area (Å²) in [7, 11) is 2.14. The molecule has 0 saturated carbocycles. The molecule has 0 spiro atoms. The smallest absolute Gasteiger partial charge is 0.241 e. The third-order valence-corrected chi connectivity index (χ3v) is 4.24. The van der Waals surface area contributed by atoms with Crippen LogP contribution in [0.4, 0.5) is 0 Å². The van der Waals surface area contributed by atoms with Gasteiger partial charge in [-0.25, -0.2) is 0 Å². The van der Waals surface area contributed by atoms with E-state index >= 15 is 0 Å². The van der Waals surface area contributed by atoms with Gasteiger partial charge in [0.05, 0.1) is 0 Å². The number of rotatable bonds is 5. The van der Waals surface area contributed by atoms with Gasteiger partial charge in [0.1, 0.15) is 6.04 Å². The van der Waals surface area contributed by atoms with Crippen molar-refractivity contribution < 1.29 is 4.79 Å². The highest BCUT2D eigenvalue weighted by atomic mass is 16.2. The van der Waals surface area contributed by atoms with Crippen LogP contribution in [0.5, 0.6) is 0 Å². The SMILES string of the molecule is Cc1ccc(C(N)C(=O)NC(C)CN2CCN(C)CC2)cc1. The van der Waals surface area contributed by atoms with E-state index in [9.17, 15) is 4.79 Å². The van der Waals surface area contributed by atoms with E-state index in [0.717, 1.165) is 38.3 Å². The lowest BCUT2D eigenvalue weighted by Crippen LogP contribution is -2.50. The summed E-state index contributed by atoms with van der Waals surface area (Å²) in [6, 6.07) is 7.31. The van der Waals surface area contributed by atoms with Crippen LogP contribution >= 0.6 is 0 Å². The number of aryl methyl sites for hydroxylation is 1. The molecule has 5 nitrogen and oxygen atoms in total. The molecule has 1 fully saturated rings. The summed E-state index contributed by atoms with van der Waals surface area (Å²) in [4.78, 5) is 17.0. The molecule has 1 aromatic carbocycles. The molecular weight excluding hydrogens is 276 g/mol. The summed E-state index contributed by atoms with van der Waals surface area (Å²) < 4.78 is 0. The van der Waals surface area contributed by atoms with Crippen LogP contribution in [0.3, 0.4) is 0 Å². The van der Waals surface area contributed by atoms with Crippen molar-refractivity contribution in [2.45, 2.75) is 25.9 Å². The first-order valence-corrected chi connectivity index (χ1v) is 7.99. The normalized spacial score (nSPS) is 19.6. The fourth-order valence-corrected chi connectivity index (χ4v) is 2.72. The Hall–Kier alpha value is -1.43. The minimum absolute atomic E-state index is 0.104. The second kappa shape index (κ2) is 7.72. The fourth-order valence-electron chi connectivity index (χ4n) is 2.72. The summed E-state index contributed by atoms with van der Waals surface area (Å²) in [6.45, 7) is 9.22. The second-order valence-electron chi connectivity index (χ2n) is 6.40. The van der Waals surface area contributed by atoms with Gasteiger partial charge < -0.3 is 16.0 Å². The van der Waals surface area contributed by atoms with Gasteiger partial charge in [0.15, 0.2) is 0 Å². The molecule has 2 atom stereocenters. The Balaban J connectivity index is 1.81. The number of likely N-dealkylation sites (N-methyl/N-ethyl adjacent to an activating group) is 1. The highest BCUT2D eigenvalue weighted by Gasteiger charge is 2.20. The van der Waals surface area contributed by atoms with Crippen molar-refractivity contribution in [2.75, 3.05) is 39.8 Å². The molecule has 5 heteroatoms. The molecule has 2 unspecified atom stereocenters. The quantitative estimate of drug-likeness (QED) is 0.842. The molecular formula is C17H28N4O. The van der Waals surface area contributed by atoms with E-state index in [-0.39, 0.29) is 11.9 Å². The molecule has 0 aromatic heterocycles. The number of piperazine rings is 1. The summed E-state index contributed by atoms with van der Waals surface area (Å²) in [5, 5.41) is 3.03. The summed E-state index contributed by atoms with van der Waals surface area (Å²) in [6.07, 6.45) is 0. The molecule has 0 aliphatic carbocycles. The maximum Gasteiger partial charge on any atom is 0.241 e. The molecule has 1 amide bonds. The van der Waals surface area contributed by atoms with Gasteiger partial charge >= 0.3 is 0 Å². The summed E-state index contributed by atoms with van der Waals surface area (Å²) >= 11 is 0. The van der Waals surface area contributed by atoms with Crippen LogP contribution in [-0.2, 0) is 4.79 Å². The Morgan fingerprint density at radius 3 is 2.41 bits per heavy atom. The lowest BCUT2D eigenvalue weighted by molar-refractivity contribution is -0.123. The average molecular weight is 304 g/mol. The lowest BCUT2D eigenvalue weighted by Gasteiger charge is -2.34. The van der Waals surface area contributed by atoms with Gasteiger partial charge in [-0.3, -0.25) is 9.69 Å². The fraction of sp³-hybridized carbons (Fsp3) is 0.588. The number of benzene rings is 1. The Morgan fingerprint density at radius 2 is 1.82 bits per heavy atom. The Bertz CT molecular complexity index is 480. The average Bonchev–Trinajstić information content (AvgIpc) is 2.49. The van der Waals surface area contributed by atoms with E-state index < -0.39 is 6.04 Å². The van der Waals surface area contributed by atoms with Crippen LogP contribution in [0.25, 0.3) is 0 Å². The first-order chi connectivity index (χ1) is 10.5. The van der Waals surface area contributed by atoms with Gasteiger partial charge in [-0.1, -0.05) is 29.8 Å². The lowest BCUT2D eigenvalue weighted by atomic mass is 10.1. The molecule has 1 saturated heterocycles. The molecule has 1 heterocycles. The van der Waals surface area contributed by atoms with Crippen molar-refractivity contribution in [1.82, 2.24) is 15.1 Å². The van der Waals surface area contributed by atoms with Crippen LogP contribution in [-0.4, -0.2) is 61.5 Å². The zero-order valence-electron chi connectivity index (χ0n) is 13.9. The summed E-state index contributed by atoms with van der Waals surface area (Å²) in [5.41, 5.74) is 8.08. The molecule has 22 heavy (non-hydrogen) atoms. The number of carbonyl (C=O) groups is 1. The third kappa shape index (κ3) is 4.80. The Morgan fingerprint density at radius 1 is 1.23 bits per heavy atom. The van der Waals surface area contributed by atoms with Gasteiger partial charge in [-0.05, 0) is 26.5 Å². The molecule has 3 N–H and O–H groups in total. The van der Waals surface area contributed by atoms with E-state index in [0.29, 0.717) is 0 Å². The number of hydrogen-bond donors (Lipinski definition) is 2. The molecule has 1 aliphatic heterocycles. The van der Waals surface area contributed by atoms with Gasteiger partial charge in [-0.15, -0.1) is 0 Å². The van der Waals surface area contributed by atoms with Crippen molar-refractivity contribution >= 4 is 5.91 Å². The molecule has 0 radical (unpaired) electrons. The standard InChI is InChI=1S/C17H28N4O/c1-13-4-6-15(7-5-13)16(18)17(22)19-14(2)12-21-10-8-20(3)9-11-21/h4-7,14,16H,8-12,18H2,1-3H3,(H,19,22). The van der Waals surface area contributed by atoms with E-state index in [2.05, 4.69) is 22.2 Å². The van der Waals surface area contributed by atoms with E-state index in [1.54, 1.807) is 0 Å². The predicted molar refractivity (Wildman–Crippen MR) is 89.6 cm³/mol. The van der Waals surface area contributed by atoms with Crippen molar-refractivity contribution in [3.63, 3.8) is 0 Å². The van der Waals surface area contributed by atoms with E-state index in [1.807, 2.05) is 38.1 Å². The number of amides is 1. The van der Waals surface area contributed by atoms with Gasteiger partial charge in [-0.2, -0.15) is 0 Å². The largest absolute Gasteiger partial charge is 0.351 e. The Kier molecular flexibility index (Phi) is 5.94. The number of nitrogens with one attached hydrogen (secondary N) is 1. The molecule has 2 rings (SSSR count). The first-order valence-electron chi connectivity index (χ1n) is 7.99. The zero-order chi connectivity index (χ0) is 16.1. The minimum Gasteiger partial charge on any atom is -0.351 e. The van der Waals surface area contributed by atoms with Crippen LogP contribution in [0.2, 0.25) is 0 Å². The monoisotopic (exact) mass is 304 g/mol. The number of nitrogens with zero attached hydrogens (tertiary/aromatic N) is 2. The van der Waals surface area contributed by atoms with Crippen molar-refractivity contribution in [2.24, 2.45) is 5.73 Å². The molecule has 1 aromatic rings. The maximum absolute atomic E-state index is 12.3. The van der Waals surface area contributed by atoms with Crippen molar-refractivity contribution in [3.05, 3.63) is 35.4 Å². The van der Waals surface area contributed by atoms with Crippen molar-refractivity contribution in [3.8, 4) is 0 Å². The Labute approximate surface area is 133 Å². The third-order valence-electron chi connectivity index (χ3n) is 4.24. The number of nitrogens with two attached hydrogens (primary N) is 1. The summed E-state index contributed by atoms with van der Waals surface area (Å²) in [5.74, 6) is -0.106. The van der Waals surface area contributed by atoms with Gasteiger partial charge in [0.25, 0.3) is 0 Å². The topological polar surface area (TPSA) is 61.6 Å². The van der Waals surface area contributed by atoms with Crippen LogP contribution in [0.1, 0.15) is 24.1 Å². The minimum atomic E-state index is -0.601. The van der Waals surface area contributed by atoms with Crippen LogP contribution in [0, 0.1) is 6.92 Å². The van der Waals surface area contributed by atoms with Crippen LogP contribution < -0.4 is 11.1 Å². The van der Waals surface area contributed by atoms with E-state index in [1.165, 1.54) is 5.56 Å². The maximum atomic E-state index is 12.3. The molecule has 1 aliphatic rings. The van der Waals surface area contributed by atoms with E-state index in [4.69, 9.17) is 5.73 Å². The van der Waals surface area contributed by atoms with Gasteiger partial charge in [0, 0.05) is 38.8 Å². The zero-order valence-corrected chi connectivity index (χ0v) is 13.9. The number of carbonyl (C=O) groups excluding carboxylic acids is 1. The molecule has 122 valence electrons. The van der Waals surface area contributed by atoms with Crippen LogP contribution in [0.15, 0.2) is 24.3 Å². The first kappa shape index (κ1) is 16.9. The van der Waals surface area contributed by atoms with Crippen molar-refractivity contribution in [1.29, 1.82) is 0 Å². The molecule has 0 bridgehead atoms. The second-order valence-corrected chi connectivity index (χ2v) is 6.40. The predicted octanol–water partition coefficient (Wildman–Crippen LogP) is 0.747. The highest BCUT2D eigenvalue weighted by molar-refractivity contribution is 5.83. The number of hydrogen-bond acceptors (Lipinski definition) is 4. The highest BCUT2D eigenvalue weighted by Crippen LogP contribution is 2.12.